The highest BCUT2D eigenvalue weighted by Crippen LogP contribution is 2.03. The molecule has 7 nitrogen and oxygen atoms in total. The van der Waals surface area contributed by atoms with Gasteiger partial charge in [0.05, 0.1) is 45.2 Å². The van der Waals surface area contributed by atoms with E-state index >= 15 is 0 Å². The first-order valence-corrected chi connectivity index (χ1v) is 8.26. The van der Waals surface area contributed by atoms with Crippen molar-refractivity contribution in [3.8, 4) is 0 Å². The highest BCUT2D eigenvalue weighted by molar-refractivity contribution is 7.80. The van der Waals surface area contributed by atoms with E-state index in [2.05, 4.69) is 20.6 Å². The third-order valence-corrected chi connectivity index (χ3v) is 3.91. The van der Waals surface area contributed by atoms with Gasteiger partial charge in [0.1, 0.15) is 13.1 Å². The molecule has 24 heavy (non-hydrogen) atoms. The molecule has 0 aliphatic carbocycles. The van der Waals surface area contributed by atoms with Crippen molar-refractivity contribution < 1.29 is 19.2 Å². The zero-order chi connectivity index (χ0) is 17.2. The fourth-order valence-electron chi connectivity index (χ4n) is 2.29. The summed E-state index contributed by atoms with van der Waals surface area (Å²) in [6.07, 6.45) is 1.64. The van der Waals surface area contributed by atoms with Gasteiger partial charge in [0, 0.05) is 0 Å². The van der Waals surface area contributed by atoms with Crippen molar-refractivity contribution in [1.29, 1.82) is 0 Å². The van der Waals surface area contributed by atoms with Crippen LogP contribution in [0.15, 0.2) is 29.4 Å². The smallest absolute Gasteiger partial charge is 0.337 e. The average molecular weight is 351 g/mol. The maximum absolute atomic E-state index is 11.3. The minimum absolute atomic E-state index is 0.357. The summed E-state index contributed by atoms with van der Waals surface area (Å²) in [5.41, 5.74) is 4.14. The fourth-order valence-corrected chi connectivity index (χ4v) is 2.45. The molecule has 0 atom stereocenters. The summed E-state index contributed by atoms with van der Waals surface area (Å²) in [6.45, 7) is 5.55. The van der Waals surface area contributed by atoms with E-state index in [1.54, 1.807) is 30.5 Å². The Balaban J connectivity index is 1.67. The molecule has 0 aromatic heterocycles. The first-order chi connectivity index (χ1) is 11.7. The van der Waals surface area contributed by atoms with Gasteiger partial charge in [0.25, 0.3) is 0 Å². The number of nitrogens with one attached hydrogen (secondary N) is 3. The van der Waals surface area contributed by atoms with Crippen LogP contribution in [0.2, 0.25) is 0 Å². The molecular formula is C16H23N4O3S+. The summed E-state index contributed by atoms with van der Waals surface area (Å²) in [4.78, 5) is 12.9. The van der Waals surface area contributed by atoms with Crippen LogP contribution in [0.3, 0.4) is 0 Å². The summed E-state index contributed by atoms with van der Waals surface area (Å²) in [6, 6.07) is 6.95. The lowest BCUT2D eigenvalue weighted by Gasteiger charge is -2.23. The number of carbonyl (C=O) groups is 1. The van der Waals surface area contributed by atoms with Gasteiger partial charge in [0.2, 0.25) is 0 Å². The molecule has 1 aromatic rings. The van der Waals surface area contributed by atoms with Crippen molar-refractivity contribution >= 4 is 29.5 Å². The van der Waals surface area contributed by atoms with Crippen molar-refractivity contribution in [1.82, 2.24) is 10.7 Å². The molecule has 0 amide bonds. The summed E-state index contributed by atoms with van der Waals surface area (Å²) >= 11 is 5.18. The van der Waals surface area contributed by atoms with Crippen LogP contribution < -0.4 is 15.6 Å². The summed E-state index contributed by atoms with van der Waals surface area (Å²) < 4.78 is 9.98. The Bertz CT molecular complexity index is 571. The Labute approximate surface area is 147 Å². The Morgan fingerprint density at radius 3 is 2.75 bits per heavy atom. The van der Waals surface area contributed by atoms with E-state index in [1.165, 1.54) is 12.0 Å². The predicted molar refractivity (Wildman–Crippen MR) is 95.5 cm³/mol. The van der Waals surface area contributed by atoms with Crippen LogP contribution in [-0.2, 0) is 9.47 Å². The Hall–Kier alpha value is -2.03. The van der Waals surface area contributed by atoms with Gasteiger partial charge in [-0.15, -0.1) is 0 Å². The molecule has 1 saturated heterocycles. The first-order valence-electron chi connectivity index (χ1n) is 7.85. The van der Waals surface area contributed by atoms with Gasteiger partial charge in [-0.1, -0.05) is 12.1 Å². The van der Waals surface area contributed by atoms with E-state index in [-0.39, 0.29) is 5.97 Å². The Kier molecular flexibility index (Phi) is 7.60. The molecule has 1 aromatic carbocycles. The second kappa shape index (κ2) is 9.96. The van der Waals surface area contributed by atoms with Gasteiger partial charge < -0.3 is 19.7 Å². The predicted octanol–water partition coefficient (Wildman–Crippen LogP) is -0.814. The lowest BCUT2D eigenvalue weighted by atomic mass is 10.1. The number of benzene rings is 1. The van der Waals surface area contributed by atoms with Crippen LogP contribution in [0, 0.1) is 0 Å². The number of rotatable bonds is 6. The van der Waals surface area contributed by atoms with Crippen LogP contribution in [0.25, 0.3) is 0 Å². The van der Waals surface area contributed by atoms with Crippen LogP contribution in [-0.4, -0.2) is 63.8 Å². The van der Waals surface area contributed by atoms with Crippen molar-refractivity contribution in [2.24, 2.45) is 5.10 Å². The Morgan fingerprint density at radius 2 is 2.08 bits per heavy atom. The van der Waals surface area contributed by atoms with Crippen molar-refractivity contribution in [2.45, 2.75) is 0 Å². The molecule has 0 spiro atoms. The Morgan fingerprint density at radius 1 is 1.38 bits per heavy atom. The molecule has 130 valence electrons. The number of thiocarbonyl (C=S) groups is 1. The van der Waals surface area contributed by atoms with Gasteiger partial charge >= 0.3 is 5.97 Å². The topological polar surface area (TPSA) is 76.4 Å². The summed E-state index contributed by atoms with van der Waals surface area (Å²) in [7, 11) is 1.36. The van der Waals surface area contributed by atoms with E-state index < -0.39 is 0 Å². The highest BCUT2D eigenvalue weighted by Gasteiger charge is 2.12. The quantitative estimate of drug-likeness (QED) is 0.269. The van der Waals surface area contributed by atoms with E-state index in [0.29, 0.717) is 10.7 Å². The number of esters is 1. The molecule has 1 aliphatic rings. The van der Waals surface area contributed by atoms with Gasteiger partial charge in [-0.05, 0) is 29.9 Å². The molecular weight excluding hydrogens is 328 g/mol. The summed E-state index contributed by atoms with van der Waals surface area (Å²) in [5, 5.41) is 7.70. The third kappa shape index (κ3) is 6.23. The lowest BCUT2D eigenvalue weighted by molar-refractivity contribution is -0.906. The number of morpholine rings is 1. The van der Waals surface area contributed by atoms with Crippen LogP contribution in [0.4, 0.5) is 0 Å². The molecule has 3 N–H and O–H groups in total. The molecule has 2 rings (SSSR count). The minimum atomic E-state index is -0.357. The van der Waals surface area contributed by atoms with E-state index in [1.807, 2.05) is 0 Å². The maximum atomic E-state index is 11.3. The van der Waals surface area contributed by atoms with Crippen LogP contribution >= 0.6 is 12.2 Å². The zero-order valence-corrected chi connectivity index (χ0v) is 14.5. The summed E-state index contributed by atoms with van der Waals surface area (Å²) in [5.74, 6) is -0.357. The molecule has 1 fully saturated rings. The standard InChI is InChI=1S/C16H22N4O3S/c1-22-15(21)14-4-2-13(3-5-14)12-18-19-16(24)17-6-7-20-8-10-23-11-9-20/h2-5,12H,6-11H2,1H3,(H2,17,19,24)/p+1. The third-order valence-electron chi connectivity index (χ3n) is 3.68. The van der Waals surface area contributed by atoms with Gasteiger partial charge in [-0.3, -0.25) is 5.43 Å². The van der Waals surface area contributed by atoms with Crippen molar-refractivity contribution in [2.75, 3.05) is 46.5 Å². The van der Waals surface area contributed by atoms with Crippen molar-refractivity contribution in [3.63, 3.8) is 0 Å². The van der Waals surface area contributed by atoms with Crippen LogP contribution in [0.1, 0.15) is 15.9 Å². The number of hydrogen-bond donors (Lipinski definition) is 3. The number of hydrazone groups is 1. The lowest BCUT2D eigenvalue weighted by Crippen LogP contribution is -3.14. The highest BCUT2D eigenvalue weighted by atomic mass is 32.1. The number of quaternary nitrogens is 1. The number of methoxy groups -OCH3 is 1. The van der Waals surface area contributed by atoms with E-state index in [4.69, 9.17) is 17.0 Å². The minimum Gasteiger partial charge on any atom is -0.465 e. The first kappa shape index (κ1) is 18.3. The van der Waals surface area contributed by atoms with Gasteiger partial charge in [0.15, 0.2) is 5.11 Å². The largest absolute Gasteiger partial charge is 0.465 e. The second-order valence-electron chi connectivity index (χ2n) is 5.35. The molecule has 8 heteroatoms. The van der Waals surface area contributed by atoms with Crippen molar-refractivity contribution in [3.05, 3.63) is 35.4 Å². The number of ether oxygens (including phenoxy) is 2. The zero-order valence-electron chi connectivity index (χ0n) is 13.7. The second-order valence-corrected chi connectivity index (χ2v) is 5.76. The van der Waals surface area contributed by atoms with E-state index in [0.717, 1.165) is 45.0 Å². The molecule has 0 bridgehead atoms. The fraction of sp³-hybridized carbons (Fsp3) is 0.438. The number of hydrogen-bond acceptors (Lipinski definition) is 5. The monoisotopic (exact) mass is 351 g/mol. The van der Waals surface area contributed by atoms with E-state index in [9.17, 15) is 4.79 Å². The normalized spacial score (nSPS) is 15.2. The number of carbonyl (C=O) groups excluding carboxylic acids is 1. The molecule has 1 aliphatic heterocycles. The average Bonchev–Trinajstić information content (AvgIpc) is 2.62. The SMILES string of the molecule is COC(=O)c1ccc(C=NNC(=S)NCC[NH+]2CCOCC2)cc1. The molecule has 0 radical (unpaired) electrons. The molecule has 0 unspecified atom stereocenters. The molecule has 1 heterocycles. The van der Waals surface area contributed by atoms with Gasteiger partial charge in [-0.25, -0.2) is 4.79 Å². The van der Waals surface area contributed by atoms with Crippen LogP contribution in [0.5, 0.6) is 0 Å². The van der Waals surface area contributed by atoms with Gasteiger partial charge in [-0.2, -0.15) is 5.10 Å². The molecule has 0 saturated carbocycles. The maximum Gasteiger partial charge on any atom is 0.337 e. The number of nitrogens with zero attached hydrogens (tertiary/aromatic N) is 1.